The summed E-state index contributed by atoms with van der Waals surface area (Å²) in [6.07, 6.45) is 14.8. The molecule has 4 heterocycles. The summed E-state index contributed by atoms with van der Waals surface area (Å²) in [6.45, 7) is 8.32. The molecule has 0 saturated heterocycles. The third-order valence-electron chi connectivity index (χ3n) is 11.1. The van der Waals surface area contributed by atoms with Crippen molar-refractivity contribution in [1.82, 2.24) is 39.9 Å². The molecule has 2 amide bonds. The van der Waals surface area contributed by atoms with Crippen LogP contribution in [-0.2, 0) is 11.5 Å². The first-order valence-corrected chi connectivity index (χ1v) is 27.0. The maximum atomic E-state index is 12.5. The fourth-order valence-corrected chi connectivity index (χ4v) is 8.08. The Morgan fingerprint density at radius 3 is 1.69 bits per heavy atom. The van der Waals surface area contributed by atoms with E-state index in [9.17, 15) is 9.59 Å². The third-order valence-corrected chi connectivity index (χ3v) is 12.8. The van der Waals surface area contributed by atoms with Gasteiger partial charge in [0.15, 0.2) is 0 Å². The van der Waals surface area contributed by atoms with Crippen molar-refractivity contribution < 1.29 is 23.8 Å². The van der Waals surface area contributed by atoms with Gasteiger partial charge < -0.3 is 34.4 Å². The van der Waals surface area contributed by atoms with Crippen LogP contribution in [0.3, 0.4) is 0 Å². The van der Waals surface area contributed by atoms with E-state index in [1.54, 1.807) is 55.2 Å². The van der Waals surface area contributed by atoms with Crippen LogP contribution in [0, 0.1) is 0 Å². The van der Waals surface area contributed by atoms with Crippen LogP contribution in [-0.4, -0.2) is 66.4 Å². The molecule has 0 bridgehead atoms. The number of aromatic nitrogens is 8. The molecule has 5 N–H and O–H groups in total. The largest absolute Gasteiger partial charge is 0.457 e. The summed E-state index contributed by atoms with van der Waals surface area (Å²) in [7, 11) is -1.09. The fraction of sp³-hybridized carbons (Fsp3) is 0.107. The first kappa shape index (κ1) is 47.9. The number of amides is 2. The molecule has 360 valence electrons. The van der Waals surface area contributed by atoms with Gasteiger partial charge in [-0.2, -0.15) is 10.2 Å². The second-order valence-electron chi connectivity index (χ2n) is 17.9. The van der Waals surface area contributed by atoms with Crippen LogP contribution in [0.4, 0.5) is 11.4 Å². The van der Waals surface area contributed by atoms with E-state index in [1.165, 1.54) is 0 Å². The molecule has 0 aliphatic rings. The number of nitrogens with zero attached hydrogens (tertiary/aromatic N) is 5. The topological polar surface area (TPSA) is 190 Å². The van der Waals surface area contributed by atoms with Gasteiger partial charge in [0, 0.05) is 78.4 Å². The SMILES string of the molecule is C[Si](C)(C)CCOCn1cnc(/C=C/c2n[nH]c3cc(Oc4cccc(NC(=O)c5ccccc5)c4)ccc23)c1.O=C(Nc1cccc(Oc2ccc3c(/C=C/c4cnc[nH]4)n[nH]c3c2)c1)c1ccccc1. The maximum Gasteiger partial charge on any atom is 0.255 e. The molecule has 72 heavy (non-hydrogen) atoms. The average Bonchev–Trinajstić information content (AvgIpc) is 4.23. The van der Waals surface area contributed by atoms with Crippen molar-refractivity contribution in [2.45, 2.75) is 32.4 Å². The molecule has 4 aromatic heterocycles. The fourth-order valence-electron chi connectivity index (χ4n) is 7.33. The summed E-state index contributed by atoms with van der Waals surface area (Å²) in [5, 5.41) is 22.7. The minimum atomic E-state index is -1.09. The molecule has 0 aliphatic heterocycles. The summed E-state index contributed by atoms with van der Waals surface area (Å²) < 4.78 is 19.8. The van der Waals surface area contributed by atoms with Crippen molar-refractivity contribution >= 4 is 77.4 Å². The van der Waals surface area contributed by atoms with Crippen LogP contribution in [0.2, 0.25) is 25.7 Å². The maximum absolute atomic E-state index is 12.5. The van der Waals surface area contributed by atoms with Crippen molar-refractivity contribution in [3.05, 3.63) is 205 Å². The summed E-state index contributed by atoms with van der Waals surface area (Å²) in [4.78, 5) is 36.3. The van der Waals surface area contributed by atoms with Crippen LogP contribution in [0.15, 0.2) is 171 Å². The number of aromatic amines is 3. The second-order valence-corrected chi connectivity index (χ2v) is 23.5. The van der Waals surface area contributed by atoms with Crippen molar-refractivity contribution in [1.29, 1.82) is 0 Å². The zero-order valence-corrected chi connectivity index (χ0v) is 40.9. The Labute approximate surface area is 416 Å². The van der Waals surface area contributed by atoms with E-state index < -0.39 is 8.07 Å². The first-order chi connectivity index (χ1) is 35.1. The summed E-state index contributed by atoms with van der Waals surface area (Å²) >= 11 is 0. The Hall–Kier alpha value is -9.12. The number of hydrogen-bond donors (Lipinski definition) is 5. The van der Waals surface area contributed by atoms with Gasteiger partial charge in [-0.25, -0.2) is 9.97 Å². The molecule has 0 fully saturated rings. The number of hydrogen-bond acceptors (Lipinski definition) is 9. The number of ether oxygens (including phenoxy) is 3. The molecule has 10 aromatic rings. The van der Waals surface area contributed by atoms with Gasteiger partial charge in [0.05, 0.1) is 52.7 Å². The number of H-pyrrole nitrogens is 3. The molecule has 0 radical (unpaired) electrons. The highest BCUT2D eigenvalue weighted by atomic mass is 28.3. The highest BCUT2D eigenvalue weighted by Crippen LogP contribution is 2.30. The number of fused-ring (bicyclic) bond motifs is 2. The van der Waals surface area contributed by atoms with Gasteiger partial charge in [0.2, 0.25) is 0 Å². The van der Waals surface area contributed by atoms with Crippen LogP contribution in [0.25, 0.3) is 46.1 Å². The summed E-state index contributed by atoms with van der Waals surface area (Å²) in [5.41, 5.74) is 7.60. The zero-order valence-electron chi connectivity index (χ0n) is 39.9. The highest BCUT2D eigenvalue weighted by Gasteiger charge is 2.13. The minimum absolute atomic E-state index is 0.169. The van der Waals surface area contributed by atoms with Crippen LogP contribution >= 0.6 is 0 Å². The Morgan fingerprint density at radius 2 is 1.17 bits per heavy atom. The summed E-state index contributed by atoms with van der Waals surface area (Å²) in [5.74, 6) is 2.22. The van der Waals surface area contributed by atoms with E-state index in [0.29, 0.717) is 52.2 Å². The van der Waals surface area contributed by atoms with Crippen molar-refractivity contribution in [3.63, 3.8) is 0 Å². The number of anilines is 2. The lowest BCUT2D eigenvalue weighted by atomic mass is 10.2. The van der Waals surface area contributed by atoms with Crippen LogP contribution in [0.1, 0.15) is 43.5 Å². The number of benzene rings is 6. The molecule has 0 spiro atoms. The Kier molecular flexibility index (Phi) is 15.0. The van der Waals surface area contributed by atoms with Gasteiger partial charge in [-0.1, -0.05) is 68.2 Å². The van der Waals surface area contributed by atoms with Gasteiger partial charge in [-0.3, -0.25) is 19.8 Å². The number of carbonyl (C=O) groups excluding carboxylic acids is 2. The molecule has 6 aromatic carbocycles. The number of carbonyl (C=O) groups is 2. The number of nitrogens with one attached hydrogen (secondary N) is 5. The molecule has 0 unspecified atom stereocenters. The Morgan fingerprint density at radius 1 is 0.625 bits per heavy atom. The van der Waals surface area contributed by atoms with E-state index in [0.717, 1.165) is 57.2 Å². The minimum Gasteiger partial charge on any atom is -0.457 e. The van der Waals surface area contributed by atoms with E-state index >= 15 is 0 Å². The lowest BCUT2D eigenvalue weighted by Crippen LogP contribution is -2.21. The number of rotatable bonds is 17. The average molecular weight is 973 g/mol. The molecule has 16 heteroatoms. The first-order valence-electron chi connectivity index (χ1n) is 23.3. The monoisotopic (exact) mass is 972 g/mol. The smallest absolute Gasteiger partial charge is 0.255 e. The molecular weight excluding hydrogens is 921 g/mol. The lowest BCUT2D eigenvalue weighted by molar-refractivity contribution is 0.0871. The molecular formula is C56H52N10O5Si. The van der Waals surface area contributed by atoms with Gasteiger partial charge in [-0.05, 0) is 103 Å². The van der Waals surface area contributed by atoms with Gasteiger partial charge >= 0.3 is 0 Å². The summed E-state index contributed by atoms with van der Waals surface area (Å²) in [6, 6.07) is 45.4. The molecule has 0 atom stereocenters. The Bertz CT molecular complexity index is 3470. The number of imidazole rings is 2. The van der Waals surface area contributed by atoms with E-state index in [-0.39, 0.29) is 11.8 Å². The standard InChI is InChI=1S/C31H33N5O3Si.C25H19N5O2/c1-40(2,3)17-16-38-22-36-20-25(32-21-36)12-15-29-28-14-13-27(19-30(28)35-34-29)39-26-11-7-10-24(18-26)33-31(37)23-8-5-4-6-9-23;31-25(17-5-2-1-3-6-17)28-18-7-4-8-20(13-18)32-21-10-11-22-23(29-30-24(22)14-21)12-9-19-15-26-16-27-19/h4-15,18-21H,16-17,22H2,1-3H3,(H,33,37)(H,34,35);1-16H,(H,26,27)(H,28,31)(H,29,30)/b15-12+;12-9+. The van der Waals surface area contributed by atoms with E-state index in [2.05, 4.69) is 65.6 Å². The van der Waals surface area contributed by atoms with E-state index in [4.69, 9.17) is 14.2 Å². The zero-order chi connectivity index (χ0) is 49.7. The molecule has 10 rings (SSSR count). The van der Waals surface area contributed by atoms with Gasteiger partial charge in [0.25, 0.3) is 11.8 Å². The lowest BCUT2D eigenvalue weighted by Gasteiger charge is -2.15. The van der Waals surface area contributed by atoms with Crippen molar-refractivity contribution in [3.8, 4) is 23.0 Å². The van der Waals surface area contributed by atoms with Crippen molar-refractivity contribution in [2.24, 2.45) is 0 Å². The van der Waals surface area contributed by atoms with Gasteiger partial charge in [0.1, 0.15) is 29.7 Å². The highest BCUT2D eigenvalue weighted by molar-refractivity contribution is 6.76. The predicted octanol–water partition coefficient (Wildman–Crippen LogP) is 12.8. The quantitative estimate of drug-likeness (QED) is 0.0437. The Balaban J connectivity index is 0.000000182. The van der Waals surface area contributed by atoms with Crippen LogP contribution in [0.5, 0.6) is 23.0 Å². The molecule has 15 nitrogen and oxygen atoms in total. The van der Waals surface area contributed by atoms with Gasteiger partial charge in [-0.15, -0.1) is 0 Å². The predicted molar refractivity (Wildman–Crippen MR) is 287 cm³/mol. The molecule has 0 saturated carbocycles. The van der Waals surface area contributed by atoms with Crippen molar-refractivity contribution in [2.75, 3.05) is 17.2 Å². The molecule has 0 aliphatic carbocycles. The van der Waals surface area contributed by atoms with E-state index in [1.807, 2.05) is 144 Å². The third kappa shape index (κ3) is 13.1. The second kappa shape index (κ2) is 22.5. The van der Waals surface area contributed by atoms with Crippen LogP contribution < -0.4 is 20.1 Å². The normalized spacial score (nSPS) is 11.5.